The first-order chi connectivity index (χ1) is 9.17. The molecule has 1 fully saturated rings. The van der Waals surface area contributed by atoms with Gasteiger partial charge in [0.05, 0.1) is 6.10 Å². The van der Waals surface area contributed by atoms with E-state index < -0.39 is 0 Å². The minimum Gasteiger partial charge on any atom is -0.491 e. The number of likely N-dealkylation sites (tertiary alicyclic amines) is 1. The van der Waals surface area contributed by atoms with Crippen LogP contribution in [0.15, 0.2) is 24.3 Å². The fourth-order valence-electron chi connectivity index (χ4n) is 2.58. The number of rotatable bonds is 5. The van der Waals surface area contributed by atoms with Gasteiger partial charge in [-0.1, -0.05) is 12.1 Å². The normalized spacial score (nSPS) is 17.9. The van der Waals surface area contributed by atoms with Gasteiger partial charge in [-0.05, 0) is 69.9 Å². The van der Waals surface area contributed by atoms with E-state index in [1.807, 2.05) is 0 Å². The van der Waals surface area contributed by atoms with Crippen molar-refractivity contribution in [2.75, 3.05) is 19.6 Å². The van der Waals surface area contributed by atoms with Gasteiger partial charge in [-0.25, -0.2) is 0 Å². The van der Waals surface area contributed by atoms with E-state index in [1.54, 1.807) is 0 Å². The molecule has 0 aliphatic carbocycles. The number of nitrogens with zero attached hydrogens (tertiary/aromatic N) is 1. The van der Waals surface area contributed by atoms with Crippen molar-refractivity contribution in [3.05, 3.63) is 29.8 Å². The first-order valence-corrected chi connectivity index (χ1v) is 7.35. The zero-order valence-corrected chi connectivity index (χ0v) is 12.1. The van der Waals surface area contributed by atoms with E-state index in [-0.39, 0.29) is 6.10 Å². The topological polar surface area (TPSA) is 38.5 Å². The van der Waals surface area contributed by atoms with E-state index in [4.69, 9.17) is 10.5 Å². The maximum Gasteiger partial charge on any atom is 0.119 e. The summed E-state index contributed by atoms with van der Waals surface area (Å²) in [5.41, 5.74) is 7.09. The lowest BCUT2D eigenvalue weighted by atomic mass is 9.97. The molecule has 1 aromatic rings. The van der Waals surface area contributed by atoms with Crippen LogP contribution < -0.4 is 10.5 Å². The summed E-state index contributed by atoms with van der Waals surface area (Å²) >= 11 is 0. The van der Waals surface area contributed by atoms with Crippen LogP contribution in [0.25, 0.3) is 0 Å². The van der Waals surface area contributed by atoms with Gasteiger partial charge in [0, 0.05) is 6.54 Å². The second-order valence-corrected chi connectivity index (χ2v) is 5.77. The van der Waals surface area contributed by atoms with E-state index in [2.05, 4.69) is 43.0 Å². The summed E-state index contributed by atoms with van der Waals surface area (Å²) in [5.74, 6) is 1.69. The van der Waals surface area contributed by atoms with Gasteiger partial charge in [-0.3, -0.25) is 4.90 Å². The van der Waals surface area contributed by atoms with Crippen molar-refractivity contribution in [1.82, 2.24) is 4.90 Å². The van der Waals surface area contributed by atoms with Crippen LogP contribution in [-0.4, -0.2) is 30.6 Å². The Hall–Kier alpha value is -1.06. The predicted octanol–water partition coefficient (Wildman–Crippen LogP) is 2.64. The molecule has 0 atom stereocenters. The van der Waals surface area contributed by atoms with E-state index in [9.17, 15) is 0 Å². The van der Waals surface area contributed by atoms with Crippen LogP contribution in [-0.2, 0) is 6.54 Å². The Labute approximate surface area is 116 Å². The van der Waals surface area contributed by atoms with Crippen LogP contribution >= 0.6 is 0 Å². The van der Waals surface area contributed by atoms with Crippen molar-refractivity contribution in [2.45, 2.75) is 39.3 Å². The van der Waals surface area contributed by atoms with Crippen LogP contribution in [0.1, 0.15) is 32.3 Å². The first-order valence-electron chi connectivity index (χ1n) is 7.35. The van der Waals surface area contributed by atoms with Crippen molar-refractivity contribution in [1.29, 1.82) is 0 Å². The number of ether oxygens (including phenoxy) is 1. The number of hydrogen-bond donors (Lipinski definition) is 1. The summed E-state index contributed by atoms with van der Waals surface area (Å²) in [6.45, 7) is 8.33. The van der Waals surface area contributed by atoms with Crippen molar-refractivity contribution < 1.29 is 4.74 Å². The third kappa shape index (κ3) is 4.51. The van der Waals surface area contributed by atoms with Gasteiger partial charge >= 0.3 is 0 Å². The summed E-state index contributed by atoms with van der Waals surface area (Å²) < 4.78 is 5.66. The van der Waals surface area contributed by atoms with E-state index in [0.717, 1.165) is 24.8 Å². The fraction of sp³-hybridized carbons (Fsp3) is 0.625. The monoisotopic (exact) mass is 262 g/mol. The molecule has 0 radical (unpaired) electrons. The predicted molar refractivity (Wildman–Crippen MR) is 79.3 cm³/mol. The lowest BCUT2D eigenvalue weighted by Gasteiger charge is -2.31. The van der Waals surface area contributed by atoms with Gasteiger partial charge in [0.15, 0.2) is 0 Å². The highest BCUT2D eigenvalue weighted by atomic mass is 16.5. The molecule has 3 heteroatoms. The molecule has 0 spiro atoms. The van der Waals surface area contributed by atoms with Gasteiger partial charge in [0.25, 0.3) is 0 Å². The molecule has 2 N–H and O–H groups in total. The third-order valence-corrected chi connectivity index (χ3v) is 3.74. The fourth-order valence-corrected chi connectivity index (χ4v) is 2.58. The maximum absolute atomic E-state index is 5.73. The average Bonchev–Trinajstić information content (AvgIpc) is 2.41. The van der Waals surface area contributed by atoms with Crippen LogP contribution in [0.5, 0.6) is 5.75 Å². The Balaban J connectivity index is 1.83. The van der Waals surface area contributed by atoms with Gasteiger partial charge in [-0.15, -0.1) is 0 Å². The van der Waals surface area contributed by atoms with Crippen LogP contribution in [0, 0.1) is 5.92 Å². The molecule has 3 nitrogen and oxygen atoms in total. The highest BCUT2D eigenvalue weighted by molar-refractivity contribution is 5.27. The number of nitrogens with two attached hydrogens (primary N) is 1. The van der Waals surface area contributed by atoms with E-state index in [0.29, 0.717) is 0 Å². The Bertz CT molecular complexity index is 367. The summed E-state index contributed by atoms with van der Waals surface area (Å²) in [4.78, 5) is 2.52. The SMILES string of the molecule is CC(C)Oc1ccc(CN2CCC(CN)CC2)cc1. The van der Waals surface area contributed by atoms with Crippen molar-refractivity contribution in [3.8, 4) is 5.75 Å². The smallest absolute Gasteiger partial charge is 0.119 e. The molecule has 0 unspecified atom stereocenters. The van der Waals surface area contributed by atoms with Crippen molar-refractivity contribution >= 4 is 0 Å². The molecule has 2 rings (SSSR count). The summed E-state index contributed by atoms with van der Waals surface area (Å²) in [6, 6.07) is 8.49. The third-order valence-electron chi connectivity index (χ3n) is 3.74. The number of benzene rings is 1. The van der Waals surface area contributed by atoms with Gasteiger partial charge < -0.3 is 10.5 Å². The zero-order chi connectivity index (χ0) is 13.7. The molecule has 1 aromatic carbocycles. The van der Waals surface area contributed by atoms with E-state index in [1.165, 1.54) is 31.5 Å². The molecular formula is C16H26N2O. The molecule has 0 aromatic heterocycles. The molecular weight excluding hydrogens is 236 g/mol. The molecule has 0 amide bonds. The molecule has 0 bridgehead atoms. The highest BCUT2D eigenvalue weighted by Crippen LogP contribution is 2.19. The molecule has 1 aliphatic rings. The Morgan fingerprint density at radius 2 is 1.84 bits per heavy atom. The second-order valence-electron chi connectivity index (χ2n) is 5.77. The average molecular weight is 262 g/mol. The maximum atomic E-state index is 5.73. The molecule has 0 saturated carbocycles. The summed E-state index contributed by atoms with van der Waals surface area (Å²) in [7, 11) is 0. The van der Waals surface area contributed by atoms with Crippen molar-refractivity contribution in [2.24, 2.45) is 11.7 Å². The lowest BCUT2D eigenvalue weighted by molar-refractivity contribution is 0.180. The highest BCUT2D eigenvalue weighted by Gasteiger charge is 2.17. The molecule has 1 aliphatic heterocycles. The Morgan fingerprint density at radius 1 is 1.21 bits per heavy atom. The standard InChI is InChI=1S/C16H26N2O/c1-13(2)19-16-5-3-15(4-6-16)12-18-9-7-14(11-17)8-10-18/h3-6,13-14H,7-12,17H2,1-2H3. The quantitative estimate of drug-likeness (QED) is 0.886. The zero-order valence-electron chi connectivity index (χ0n) is 12.1. The van der Waals surface area contributed by atoms with Crippen molar-refractivity contribution in [3.63, 3.8) is 0 Å². The second kappa shape index (κ2) is 6.92. The first kappa shape index (κ1) is 14.4. The molecule has 1 saturated heterocycles. The van der Waals surface area contributed by atoms with Gasteiger partial charge in [0.2, 0.25) is 0 Å². The molecule has 19 heavy (non-hydrogen) atoms. The number of piperidine rings is 1. The molecule has 1 heterocycles. The Kier molecular flexibility index (Phi) is 5.23. The van der Waals surface area contributed by atoms with E-state index >= 15 is 0 Å². The number of hydrogen-bond acceptors (Lipinski definition) is 3. The van der Waals surface area contributed by atoms with Crippen LogP contribution in [0.3, 0.4) is 0 Å². The van der Waals surface area contributed by atoms with Gasteiger partial charge in [0.1, 0.15) is 5.75 Å². The summed E-state index contributed by atoms with van der Waals surface area (Å²) in [6.07, 6.45) is 2.72. The molecule has 106 valence electrons. The summed E-state index contributed by atoms with van der Waals surface area (Å²) in [5, 5.41) is 0. The van der Waals surface area contributed by atoms with Crippen LogP contribution in [0.2, 0.25) is 0 Å². The van der Waals surface area contributed by atoms with Crippen LogP contribution in [0.4, 0.5) is 0 Å². The minimum atomic E-state index is 0.237. The minimum absolute atomic E-state index is 0.237. The lowest BCUT2D eigenvalue weighted by Crippen LogP contribution is -2.35. The Morgan fingerprint density at radius 3 is 2.37 bits per heavy atom. The van der Waals surface area contributed by atoms with Gasteiger partial charge in [-0.2, -0.15) is 0 Å². The largest absolute Gasteiger partial charge is 0.491 e.